The van der Waals surface area contributed by atoms with Gasteiger partial charge in [-0.3, -0.25) is 0 Å². The summed E-state index contributed by atoms with van der Waals surface area (Å²) in [6.45, 7) is 6.32. The lowest BCUT2D eigenvalue weighted by molar-refractivity contribution is 0.0602. The van der Waals surface area contributed by atoms with Crippen molar-refractivity contribution in [3.05, 3.63) is 23.8 Å². The van der Waals surface area contributed by atoms with E-state index in [-0.39, 0.29) is 10.7 Å². The maximum absolute atomic E-state index is 11.7. The van der Waals surface area contributed by atoms with Crippen molar-refractivity contribution in [1.82, 2.24) is 0 Å². The predicted octanol–water partition coefficient (Wildman–Crippen LogP) is 2.39. The number of ether oxygens (including phenoxy) is 1. The molecule has 0 aliphatic carbocycles. The zero-order valence-corrected chi connectivity index (χ0v) is 12.4. The summed E-state index contributed by atoms with van der Waals surface area (Å²) in [6, 6.07) is 5.52. The Morgan fingerprint density at radius 2 is 2.21 bits per heavy atom. The second-order valence-electron chi connectivity index (χ2n) is 5.26. The number of nitrogens with zero attached hydrogens (tertiary/aromatic N) is 1. The van der Waals surface area contributed by atoms with Crippen LogP contribution in [0.2, 0.25) is 0 Å². The van der Waals surface area contributed by atoms with E-state index in [1.807, 2.05) is 23.9 Å². The minimum absolute atomic E-state index is 0.200. The van der Waals surface area contributed by atoms with Crippen LogP contribution in [0, 0.1) is 0 Å². The van der Waals surface area contributed by atoms with Gasteiger partial charge in [0, 0.05) is 23.6 Å². The summed E-state index contributed by atoms with van der Waals surface area (Å²) >= 11 is 1.97. The van der Waals surface area contributed by atoms with Gasteiger partial charge in [-0.1, -0.05) is 6.07 Å². The van der Waals surface area contributed by atoms with Crippen LogP contribution >= 0.6 is 11.8 Å². The van der Waals surface area contributed by atoms with Gasteiger partial charge in [0.1, 0.15) is 0 Å². The van der Waals surface area contributed by atoms with E-state index in [9.17, 15) is 4.79 Å². The molecule has 0 saturated carbocycles. The molecule has 104 valence electrons. The fraction of sp³-hybridized carbons (Fsp3) is 0.500. The van der Waals surface area contributed by atoms with Crippen LogP contribution in [-0.2, 0) is 4.74 Å². The van der Waals surface area contributed by atoms with Gasteiger partial charge in [-0.05, 0) is 26.0 Å². The number of hydrogen-bond acceptors (Lipinski definition) is 5. The highest BCUT2D eigenvalue weighted by Crippen LogP contribution is 2.35. The first-order valence-corrected chi connectivity index (χ1v) is 7.29. The van der Waals surface area contributed by atoms with E-state index in [1.165, 1.54) is 7.11 Å². The van der Waals surface area contributed by atoms with Gasteiger partial charge in [-0.25, -0.2) is 4.79 Å². The third-order valence-electron chi connectivity index (χ3n) is 3.25. The summed E-state index contributed by atoms with van der Waals surface area (Å²) < 4.78 is 4.96. The van der Waals surface area contributed by atoms with Gasteiger partial charge >= 0.3 is 5.97 Å². The lowest BCUT2D eigenvalue weighted by Crippen LogP contribution is -2.43. The molecule has 1 heterocycles. The Morgan fingerprint density at radius 1 is 1.47 bits per heavy atom. The fourth-order valence-electron chi connectivity index (χ4n) is 2.34. The average molecular weight is 280 g/mol. The summed E-state index contributed by atoms with van der Waals surface area (Å²) in [5.74, 6) is 0.680. The molecule has 1 aromatic rings. The van der Waals surface area contributed by atoms with Gasteiger partial charge in [0.2, 0.25) is 0 Å². The number of hydrogen-bond donors (Lipinski definition) is 1. The Labute approximate surface area is 118 Å². The Bertz CT molecular complexity index is 488. The molecular formula is C14H20N2O2S. The van der Waals surface area contributed by atoms with Crippen LogP contribution in [0.4, 0.5) is 11.4 Å². The molecule has 0 radical (unpaired) electrons. The molecule has 1 aliphatic rings. The van der Waals surface area contributed by atoms with E-state index < -0.39 is 0 Å². The SMILES string of the molecule is COC(=O)c1cccc(N2CCSC(C)(C)C2)c1N. The minimum atomic E-state index is -0.384. The number of carbonyl (C=O) groups excluding carboxylic acids is 1. The van der Waals surface area contributed by atoms with Crippen LogP contribution in [0.25, 0.3) is 0 Å². The Morgan fingerprint density at radius 3 is 2.84 bits per heavy atom. The van der Waals surface area contributed by atoms with Gasteiger partial charge in [0.15, 0.2) is 0 Å². The maximum Gasteiger partial charge on any atom is 0.340 e. The summed E-state index contributed by atoms with van der Waals surface area (Å²) in [7, 11) is 1.37. The molecule has 2 rings (SSSR count). The van der Waals surface area contributed by atoms with Crippen molar-refractivity contribution >= 4 is 29.1 Å². The first kappa shape index (κ1) is 14.1. The summed E-state index contributed by atoms with van der Waals surface area (Å²) in [5, 5.41) is 0. The van der Waals surface area contributed by atoms with E-state index in [0.29, 0.717) is 11.3 Å². The monoisotopic (exact) mass is 280 g/mol. The van der Waals surface area contributed by atoms with Crippen molar-refractivity contribution in [2.45, 2.75) is 18.6 Å². The topological polar surface area (TPSA) is 55.6 Å². The zero-order valence-electron chi connectivity index (χ0n) is 11.6. The Hall–Kier alpha value is -1.36. The number of esters is 1. The third-order valence-corrected chi connectivity index (χ3v) is 4.55. The molecule has 1 aliphatic heterocycles. The largest absolute Gasteiger partial charge is 0.465 e. The summed E-state index contributed by atoms with van der Waals surface area (Å²) in [6.07, 6.45) is 0. The molecule has 0 amide bonds. The molecule has 0 spiro atoms. The number of anilines is 2. The van der Waals surface area contributed by atoms with Crippen LogP contribution in [-0.4, -0.2) is 36.7 Å². The van der Waals surface area contributed by atoms with Crippen molar-refractivity contribution in [2.75, 3.05) is 36.6 Å². The number of thioether (sulfide) groups is 1. The van der Waals surface area contributed by atoms with Crippen LogP contribution in [0.3, 0.4) is 0 Å². The smallest absolute Gasteiger partial charge is 0.340 e. The van der Waals surface area contributed by atoms with Crippen LogP contribution in [0.5, 0.6) is 0 Å². The molecule has 1 fully saturated rings. The molecule has 0 atom stereocenters. The molecule has 19 heavy (non-hydrogen) atoms. The predicted molar refractivity (Wildman–Crippen MR) is 80.9 cm³/mol. The number of benzene rings is 1. The van der Waals surface area contributed by atoms with Crippen LogP contribution in [0.1, 0.15) is 24.2 Å². The third kappa shape index (κ3) is 2.97. The van der Waals surface area contributed by atoms with Gasteiger partial charge in [0.05, 0.1) is 24.0 Å². The number of rotatable bonds is 2. The normalized spacial score (nSPS) is 18.2. The second-order valence-corrected chi connectivity index (χ2v) is 7.06. The van der Waals surface area contributed by atoms with Crippen LogP contribution in [0.15, 0.2) is 18.2 Å². The number of methoxy groups -OCH3 is 1. The molecule has 0 aromatic heterocycles. The highest BCUT2D eigenvalue weighted by atomic mass is 32.2. The number of nitrogen functional groups attached to an aromatic ring is 1. The van der Waals surface area contributed by atoms with E-state index in [1.54, 1.807) is 6.07 Å². The van der Waals surface area contributed by atoms with Crippen molar-refractivity contribution in [3.8, 4) is 0 Å². The number of para-hydroxylation sites is 1. The fourth-order valence-corrected chi connectivity index (χ4v) is 3.45. The van der Waals surface area contributed by atoms with Gasteiger partial charge in [-0.2, -0.15) is 11.8 Å². The molecule has 5 heteroatoms. The Kier molecular flexibility index (Phi) is 3.94. The van der Waals surface area contributed by atoms with E-state index in [0.717, 1.165) is 24.5 Å². The van der Waals surface area contributed by atoms with E-state index in [4.69, 9.17) is 10.5 Å². The lowest BCUT2D eigenvalue weighted by atomic mass is 10.1. The molecule has 0 bridgehead atoms. The van der Waals surface area contributed by atoms with E-state index in [2.05, 4.69) is 18.7 Å². The number of nitrogens with two attached hydrogens (primary N) is 1. The summed E-state index contributed by atoms with van der Waals surface area (Å²) in [4.78, 5) is 13.9. The molecule has 1 aromatic carbocycles. The molecule has 4 nitrogen and oxygen atoms in total. The first-order valence-electron chi connectivity index (χ1n) is 6.30. The van der Waals surface area contributed by atoms with E-state index >= 15 is 0 Å². The second kappa shape index (κ2) is 5.33. The maximum atomic E-state index is 11.7. The zero-order chi connectivity index (χ0) is 14.0. The Balaban J connectivity index is 2.32. The van der Waals surface area contributed by atoms with Crippen molar-refractivity contribution < 1.29 is 9.53 Å². The minimum Gasteiger partial charge on any atom is -0.465 e. The van der Waals surface area contributed by atoms with Crippen molar-refractivity contribution in [1.29, 1.82) is 0 Å². The van der Waals surface area contributed by atoms with Gasteiger partial charge < -0.3 is 15.4 Å². The first-order chi connectivity index (χ1) is 8.94. The molecule has 1 saturated heterocycles. The molecular weight excluding hydrogens is 260 g/mol. The number of carbonyl (C=O) groups is 1. The van der Waals surface area contributed by atoms with Crippen molar-refractivity contribution in [3.63, 3.8) is 0 Å². The van der Waals surface area contributed by atoms with Gasteiger partial charge in [-0.15, -0.1) is 0 Å². The van der Waals surface area contributed by atoms with Gasteiger partial charge in [0.25, 0.3) is 0 Å². The summed E-state index contributed by atoms with van der Waals surface area (Å²) in [5.41, 5.74) is 8.01. The lowest BCUT2D eigenvalue weighted by Gasteiger charge is -2.39. The van der Waals surface area contributed by atoms with Crippen LogP contribution < -0.4 is 10.6 Å². The standard InChI is InChI=1S/C14H20N2O2S/c1-14(2)9-16(7-8-19-14)11-6-4-5-10(12(11)15)13(17)18-3/h4-6H,7-9,15H2,1-3H3. The van der Waals surface area contributed by atoms with Crippen molar-refractivity contribution in [2.24, 2.45) is 0 Å². The highest BCUT2D eigenvalue weighted by molar-refractivity contribution is 8.00. The highest BCUT2D eigenvalue weighted by Gasteiger charge is 2.28. The quantitative estimate of drug-likeness (QED) is 0.666. The molecule has 0 unspecified atom stereocenters. The molecule has 2 N–H and O–H groups in total. The average Bonchev–Trinajstić information content (AvgIpc) is 2.37.